The average Bonchev–Trinajstić information content (AvgIpc) is 2.97. The zero-order valence-electron chi connectivity index (χ0n) is 12.3. The van der Waals surface area contributed by atoms with Crippen LogP contribution in [0.5, 0.6) is 0 Å². The van der Waals surface area contributed by atoms with Gasteiger partial charge in [0, 0.05) is 12.6 Å². The highest BCUT2D eigenvalue weighted by Crippen LogP contribution is 2.17. The maximum Gasteiger partial charge on any atom is 0.240 e. The highest BCUT2D eigenvalue weighted by atomic mass is 32.2. The van der Waals surface area contributed by atoms with Gasteiger partial charge in [-0.05, 0) is 55.5 Å². The van der Waals surface area contributed by atoms with Crippen LogP contribution in [0.15, 0.2) is 23.1 Å². The van der Waals surface area contributed by atoms with Gasteiger partial charge in [0.1, 0.15) is 0 Å². The topological polar surface area (TPSA) is 58.2 Å². The number of benzene rings is 1. The molecule has 1 fully saturated rings. The lowest BCUT2D eigenvalue weighted by Gasteiger charge is -2.13. The van der Waals surface area contributed by atoms with Crippen molar-refractivity contribution in [1.29, 1.82) is 0 Å². The third kappa shape index (κ3) is 3.59. The highest BCUT2D eigenvalue weighted by Gasteiger charge is 2.19. The van der Waals surface area contributed by atoms with E-state index in [1.165, 1.54) is 5.56 Å². The van der Waals surface area contributed by atoms with Gasteiger partial charge in [-0.2, -0.15) is 0 Å². The number of hydrogen-bond acceptors (Lipinski definition) is 3. The van der Waals surface area contributed by atoms with Gasteiger partial charge in [-0.1, -0.05) is 19.9 Å². The van der Waals surface area contributed by atoms with Gasteiger partial charge in [0.05, 0.1) is 4.90 Å². The molecule has 1 aliphatic rings. The van der Waals surface area contributed by atoms with Gasteiger partial charge >= 0.3 is 0 Å². The fourth-order valence-electron chi connectivity index (χ4n) is 2.67. The molecule has 1 atom stereocenters. The predicted molar refractivity (Wildman–Crippen MR) is 81.4 cm³/mol. The van der Waals surface area contributed by atoms with Crippen LogP contribution in [0, 0.1) is 0 Å². The van der Waals surface area contributed by atoms with Gasteiger partial charge in [-0.25, -0.2) is 13.1 Å². The van der Waals surface area contributed by atoms with E-state index in [9.17, 15) is 8.42 Å². The number of sulfonamides is 1. The third-order valence-electron chi connectivity index (χ3n) is 3.93. The molecule has 4 nitrogen and oxygen atoms in total. The van der Waals surface area contributed by atoms with Gasteiger partial charge in [0.15, 0.2) is 0 Å². The lowest BCUT2D eigenvalue weighted by Crippen LogP contribution is -2.37. The molecule has 0 bridgehead atoms. The molecule has 112 valence electrons. The molecule has 0 aliphatic carbocycles. The van der Waals surface area contributed by atoms with E-state index in [1.807, 2.05) is 12.1 Å². The smallest absolute Gasteiger partial charge is 0.240 e. The Morgan fingerprint density at radius 2 is 2.00 bits per heavy atom. The lowest BCUT2D eigenvalue weighted by molar-refractivity contribution is 0.551. The molecule has 2 N–H and O–H groups in total. The Kier molecular flexibility index (Phi) is 5.18. The summed E-state index contributed by atoms with van der Waals surface area (Å²) < 4.78 is 27.4. The summed E-state index contributed by atoms with van der Waals surface area (Å²) in [6.07, 6.45) is 3.95. The van der Waals surface area contributed by atoms with E-state index in [1.54, 1.807) is 6.07 Å². The predicted octanol–water partition coefficient (Wildman–Crippen LogP) is 1.84. The van der Waals surface area contributed by atoms with Crippen molar-refractivity contribution < 1.29 is 8.42 Å². The van der Waals surface area contributed by atoms with Crippen molar-refractivity contribution in [3.05, 3.63) is 29.3 Å². The first kappa shape index (κ1) is 15.5. The summed E-state index contributed by atoms with van der Waals surface area (Å²) in [5.74, 6) is 0. The molecule has 1 aliphatic heterocycles. The van der Waals surface area contributed by atoms with Crippen LogP contribution in [0.1, 0.15) is 37.8 Å². The summed E-state index contributed by atoms with van der Waals surface area (Å²) in [5.41, 5.74) is 2.35. The van der Waals surface area contributed by atoms with Gasteiger partial charge in [-0.3, -0.25) is 0 Å². The highest BCUT2D eigenvalue weighted by molar-refractivity contribution is 7.89. The fourth-order valence-corrected chi connectivity index (χ4v) is 3.80. The Morgan fingerprint density at radius 1 is 1.25 bits per heavy atom. The van der Waals surface area contributed by atoms with E-state index >= 15 is 0 Å². The minimum atomic E-state index is -3.40. The lowest BCUT2D eigenvalue weighted by atomic mass is 10.0. The summed E-state index contributed by atoms with van der Waals surface area (Å²) in [6, 6.07) is 5.72. The molecular weight excluding hydrogens is 272 g/mol. The first-order chi connectivity index (χ1) is 9.56. The summed E-state index contributed by atoms with van der Waals surface area (Å²) >= 11 is 0. The summed E-state index contributed by atoms with van der Waals surface area (Å²) in [4.78, 5) is 0.379. The molecule has 5 heteroatoms. The number of hydrogen-bond donors (Lipinski definition) is 2. The van der Waals surface area contributed by atoms with Crippen LogP contribution < -0.4 is 10.0 Å². The molecule has 1 aromatic rings. The zero-order chi connectivity index (χ0) is 14.6. The maximum atomic E-state index is 12.3. The number of rotatable bonds is 6. The van der Waals surface area contributed by atoms with Crippen LogP contribution in [-0.2, 0) is 22.9 Å². The van der Waals surface area contributed by atoms with Gasteiger partial charge < -0.3 is 5.32 Å². The Bertz CT molecular complexity index is 549. The summed E-state index contributed by atoms with van der Waals surface area (Å²) in [5, 5.41) is 3.29. The second kappa shape index (κ2) is 6.70. The molecular formula is C15H24N2O2S. The SMILES string of the molecule is CCc1ccc(S(=O)(=O)NCC2CCCN2)cc1CC. The molecule has 20 heavy (non-hydrogen) atoms. The Balaban J connectivity index is 2.11. The molecule has 0 radical (unpaired) electrons. The average molecular weight is 296 g/mol. The van der Waals surface area contributed by atoms with Crippen molar-refractivity contribution >= 4 is 10.0 Å². The Morgan fingerprint density at radius 3 is 2.60 bits per heavy atom. The summed E-state index contributed by atoms with van der Waals surface area (Å²) in [7, 11) is -3.40. The van der Waals surface area contributed by atoms with Gasteiger partial charge in [0.2, 0.25) is 10.0 Å². The molecule has 0 amide bonds. The molecule has 1 heterocycles. The second-order valence-corrected chi connectivity index (χ2v) is 7.05. The molecule has 0 spiro atoms. The molecule has 1 saturated heterocycles. The van der Waals surface area contributed by atoms with Gasteiger partial charge in [0.25, 0.3) is 0 Å². The van der Waals surface area contributed by atoms with Crippen molar-refractivity contribution in [3.63, 3.8) is 0 Å². The minimum Gasteiger partial charge on any atom is -0.313 e. The van der Waals surface area contributed by atoms with Gasteiger partial charge in [-0.15, -0.1) is 0 Å². The quantitative estimate of drug-likeness (QED) is 0.842. The van der Waals surface area contributed by atoms with Crippen molar-refractivity contribution in [2.75, 3.05) is 13.1 Å². The van der Waals surface area contributed by atoms with Crippen molar-refractivity contribution in [2.45, 2.75) is 50.5 Å². The first-order valence-corrected chi connectivity index (χ1v) is 8.90. The normalized spacial score (nSPS) is 19.4. The fraction of sp³-hybridized carbons (Fsp3) is 0.600. The van der Waals surface area contributed by atoms with E-state index in [2.05, 4.69) is 23.9 Å². The van der Waals surface area contributed by atoms with Crippen molar-refractivity contribution in [3.8, 4) is 0 Å². The molecule has 2 rings (SSSR count). The van der Waals surface area contributed by atoms with Crippen LogP contribution in [0.3, 0.4) is 0 Å². The second-order valence-electron chi connectivity index (χ2n) is 5.28. The van der Waals surface area contributed by atoms with Crippen LogP contribution in [0.2, 0.25) is 0 Å². The monoisotopic (exact) mass is 296 g/mol. The van der Waals surface area contributed by atoms with Crippen molar-refractivity contribution in [1.82, 2.24) is 10.0 Å². The molecule has 0 aromatic heterocycles. The van der Waals surface area contributed by atoms with Crippen molar-refractivity contribution in [2.24, 2.45) is 0 Å². The van der Waals surface area contributed by atoms with Crippen LogP contribution >= 0.6 is 0 Å². The van der Waals surface area contributed by atoms with E-state index < -0.39 is 10.0 Å². The number of nitrogens with one attached hydrogen (secondary N) is 2. The first-order valence-electron chi connectivity index (χ1n) is 7.41. The van der Waals surface area contributed by atoms with Crippen LogP contribution in [-0.4, -0.2) is 27.5 Å². The molecule has 1 aromatic carbocycles. The van der Waals surface area contributed by atoms with Crippen LogP contribution in [0.25, 0.3) is 0 Å². The standard InChI is InChI=1S/C15H24N2O2S/c1-3-12-7-8-15(10-13(12)4-2)20(18,19)17-11-14-6-5-9-16-14/h7-8,10,14,16-17H,3-6,9,11H2,1-2H3. The third-order valence-corrected chi connectivity index (χ3v) is 5.35. The maximum absolute atomic E-state index is 12.3. The zero-order valence-corrected chi connectivity index (χ0v) is 13.1. The van der Waals surface area contributed by atoms with E-state index in [4.69, 9.17) is 0 Å². The van der Waals surface area contributed by atoms with E-state index in [0.717, 1.165) is 37.8 Å². The van der Waals surface area contributed by atoms with Crippen LogP contribution in [0.4, 0.5) is 0 Å². The Labute approximate surface area is 122 Å². The largest absolute Gasteiger partial charge is 0.313 e. The molecule has 1 unspecified atom stereocenters. The van der Waals surface area contributed by atoms with E-state index in [0.29, 0.717) is 11.4 Å². The van der Waals surface area contributed by atoms with E-state index in [-0.39, 0.29) is 6.04 Å². The summed E-state index contributed by atoms with van der Waals surface area (Å²) in [6.45, 7) is 5.60. The Hall–Kier alpha value is -0.910. The number of aryl methyl sites for hydroxylation is 2. The minimum absolute atomic E-state index is 0.269. The molecule has 0 saturated carbocycles.